The average Bonchev–Trinajstić information content (AvgIpc) is 2.52. The summed E-state index contributed by atoms with van der Waals surface area (Å²) in [5.41, 5.74) is -0.505. The van der Waals surface area contributed by atoms with Crippen molar-refractivity contribution in [3.05, 3.63) is 28.3 Å². The summed E-state index contributed by atoms with van der Waals surface area (Å²) in [6, 6.07) is 3.37. The van der Waals surface area contributed by atoms with Crippen LogP contribution in [0.5, 0.6) is 5.75 Å². The molecule has 0 aliphatic heterocycles. The van der Waals surface area contributed by atoms with E-state index in [9.17, 15) is 23.3 Å². The van der Waals surface area contributed by atoms with Gasteiger partial charge in [0.15, 0.2) is 12.4 Å². The maximum Gasteiger partial charge on any atom is 0.312 e. The molecule has 10 heteroatoms. The van der Waals surface area contributed by atoms with Crippen LogP contribution in [0.15, 0.2) is 23.1 Å². The maximum absolute atomic E-state index is 12.4. The van der Waals surface area contributed by atoms with Crippen molar-refractivity contribution in [2.24, 2.45) is 0 Å². The van der Waals surface area contributed by atoms with Crippen LogP contribution in [0.25, 0.3) is 0 Å². The van der Waals surface area contributed by atoms with Crippen LogP contribution in [0.4, 0.5) is 5.69 Å². The highest BCUT2D eigenvalue weighted by Crippen LogP contribution is 2.30. The Morgan fingerprint density at radius 1 is 1.25 bits per heavy atom. The van der Waals surface area contributed by atoms with Gasteiger partial charge in [0.2, 0.25) is 10.0 Å². The molecule has 24 heavy (non-hydrogen) atoms. The van der Waals surface area contributed by atoms with Crippen molar-refractivity contribution in [1.29, 1.82) is 0 Å². The van der Waals surface area contributed by atoms with Gasteiger partial charge in [-0.1, -0.05) is 13.8 Å². The van der Waals surface area contributed by atoms with Crippen molar-refractivity contribution < 1.29 is 22.9 Å². The highest BCUT2D eigenvalue weighted by atomic mass is 32.2. The molecule has 1 rings (SSSR count). The summed E-state index contributed by atoms with van der Waals surface area (Å²) in [5.74, 6) is -0.530. The van der Waals surface area contributed by atoms with Crippen LogP contribution in [-0.4, -0.2) is 62.2 Å². The van der Waals surface area contributed by atoms with E-state index >= 15 is 0 Å². The van der Waals surface area contributed by atoms with Gasteiger partial charge in [-0.15, -0.1) is 0 Å². The number of hydrogen-bond donors (Lipinski definition) is 0. The molecule has 0 fully saturated rings. The molecule has 0 atom stereocenters. The first-order chi connectivity index (χ1) is 11.1. The molecule has 0 saturated heterocycles. The Labute approximate surface area is 141 Å². The smallest absolute Gasteiger partial charge is 0.312 e. The molecule has 1 amide bonds. The van der Waals surface area contributed by atoms with Gasteiger partial charge in [-0.25, -0.2) is 8.42 Å². The van der Waals surface area contributed by atoms with Crippen LogP contribution < -0.4 is 4.74 Å². The number of rotatable bonds is 8. The lowest BCUT2D eigenvalue weighted by Gasteiger charge is -2.18. The zero-order valence-electron chi connectivity index (χ0n) is 14.1. The Kier molecular flexibility index (Phi) is 6.67. The topological polar surface area (TPSA) is 110 Å². The van der Waals surface area contributed by atoms with E-state index in [4.69, 9.17) is 4.74 Å². The van der Waals surface area contributed by atoms with Gasteiger partial charge in [-0.2, -0.15) is 4.31 Å². The van der Waals surface area contributed by atoms with Gasteiger partial charge in [-0.3, -0.25) is 14.9 Å². The van der Waals surface area contributed by atoms with E-state index in [-0.39, 0.29) is 36.2 Å². The van der Waals surface area contributed by atoms with Gasteiger partial charge < -0.3 is 9.64 Å². The van der Waals surface area contributed by atoms with E-state index in [2.05, 4.69) is 0 Å². The van der Waals surface area contributed by atoms with E-state index in [1.165, 1.54) is 35.4 Å². The fourth-order valence-electron chi connectivity index (χ4n) is 1.90. The second kappa shape index (κ2) is 8.06. The predicted molar refractivity (Wildman–Crippen MR) is 87.4 cm³/mol. The van der Waals surface area contributed by atoms with Crippen LogP contribution in [0, 0.1) is 10.1 Å². The van der Waals surface area contributed by atoms with Crippen molar-refractivity contribution in [2.45, 2.75) is 18.7 Å². The maximum atomic E-state index is 12.4. The summed E-state index contributed by atoms with van der Waals surface area (Å²) >= 11 is 0. The number of sulfonamides is 1. The minimum Gasteiger partial charge on any atom is -0.477 e. The standard InChI is InChI=1S/C14H21N3O6S/c1-5-16(6-2)24(21,22)11-7-8-13(12(9-11)17(19)20)23-10-14(18)15(3)4/h7-9H,5-6,10H2,1-4H3. The molecular weight excluding hydrogens is 338 g/mol. The summed E-state index contributed by atoms with van der Waals surface area (Å²) in [6.07, 6.45) is 0. The van der Waals surface area contributed by atoms with E-state index in [1.54, 1.807) is 13.8 Å². The first kappa shape index (κ1) is 19.8. The number of nitro benzene ring substituents is 1. The third-order valence-corrected chi connectivity index (χ3v) is 5.37. The molecular formula is C14H21N3O6S. The summed E-state index contributed by atoms with van der Waals surface area (Å²) < 4.78 is 31.2. The molecule has 134 valence electrons. The van der Waals surface area contributed by atoms with Gasteiger partial charge in [0.1, 0.15) is 0 Å². The number of benzene rings is 1. The fourth-order valence-corrected chi connectivity index (χ4v) is 3.38. The third-order valence-electron chi connectivity index (χ3n) is 3.32. The number of carbonyl (C=O) groups excluding carboxylic acids is 1. The van der Waals surface area contributed by atoms with Crippen molar-refractivity contribution in [3.63, 3.8) is 0 Å². The molecule has 1 aromatic carbocycles. The van der Waals surface area contributed by atoms with E-state index in [0.29, 0.717) is 0 Å². The lowest BCUT2D eigenvalue weighted by atomic mass is 10.3. The lowest BCUT2D eigenvalue weighted by molar-refractivity contribution is -0.386. The minimum atomic E-state index is -3.82. The van der Waals surface area contributed by atoms with Gasteiger partial charge in [-0.05, 0) is 12.1 Å². The number of amides is 1. The number of nitro groups is 1. The molecule has 1 aromatic rings. The molecule has 0 N–H and O–H groups in total. The molecule has 0 saturated carbocycles. The van der Waals surface area contributed by atoms with Crippen molar-refractivity contribution in [1.82, 2.24) is 9.21 Å². The van der Waals surface area contributed by atoms with Crippen LogP contribution in [0.2, 0.25) is 0 Å². The molecule has 0 unspecified atom stereocenters. The third kappa shape index (κ3) is 4.42. The van der Waals surface area contributed by atoms with Gasteiger partial charge in [0.05, 0.1) is 9.82 Å². The van der Waals surface area contributed by atoms with E-state index < -0.39 is 20.6 Å². The zero-order chi connectivity index (χ0) is 18.5. The van der Waals surface area contributed by atoms with Crippen LogP contribution in [0.3, 0.4) is 0 Å². The Hall–Kier alpha value is -2.20. The van der Waals surface area contributed by atoms with Crippen molar-refractivity contribution in [3.8, 4) is 5.75 Å². The molecule has 0 heterocycles. The summed E-state index contributed by atoms with van der Waals surface area (Å²) in [7, 11) is -0.765. The number of nitrogens with zero attached hydrogens (tertiary/aromatic N) is 3. The quantitative estimate of drug-likeness (QED) is 0.507. The lowest BCUT2D eigenvalue weighted by Crippen LogP contribution is -2.30. The largest absolute Gasteiger partial charge is 0.477 e. The Morgan fingerprint density at radius 2 is 1.83 bits per heavy atom. The van der Waals surface area contributed by atoms with Crippen molar-refractivity contribution >= 4 is 21.6 Å². The normalized spacial score (nSPS) is 11.4. The van der Waals surface area contributed by atoms with Gasteiger partial charge >= 0.3 is 5.69 Å². The summed E-state index contributed by atoms with van der Waals surface area (Å²) in [6.45, 7) is 3.49. The number of likely N-dealkylation sites (N-methyl/N-ethyl adjacent to an activating group) is 1. The molecule has 0 aliphatic rings. The van der Waals surface area contributed by atoms with Crippen LogP contribution in [0.1, 0.15) is 13.8 Å². The average molecular weight is 359 g/mol. The molecule has 0 radical (unpaired) electrons. The number of hydrogen-bond acceptors (Lipinski definition) is 6. The number of ether oxygens (including phenoxy) is 1. The molecule has 0 spiro atoms. The monoisotopic (exact) mass is 359 g/mol. The first-order valence-electron chi connectivity index (χ1n) is 7.26. The van der Waals surface area contributed by atoms with Crippen LogP contribution >= 0.6 is 0 Å². The molecule has 9 nitrogen and oxygen atoms in total. The predicted octanol–water partition coefficient (Wildman–Crippen LogP) is 1.09. The summed E-state index contributed by atoms with van der Waals surface area (Å²) in [4.78, 5) is 23.1. The Balaban J connectivity index is 3.21. The first-order valence-corrected chi connectivity index (χ1v) is 8.70. The molecule has 0 aliphatic carbocycles. The van der Waals surface area contributed by atoms with Crippen LogP contribution in [-0.2, 0) is 14.8 Å². The highest BCUT2D eigenvalue weighted by Gasteiger charge is 2.26. The molecule has 0 bridgehead atoms. The summed E-state index contributed by atoms with van der Waals surface area (Å²) in [5, 5.41) is 11.2. The SMILES string of the molecule is CCN(CC)S(=O)(=O)c1ccc(OCC(=O)N(C)C)c([N+](=O)[O-])c1. The fraction of sp³-hybridized carbons (Fsp3) is 0.500. The zero-order valence-corrected chi connectivity index (χ0v) is 14.9. The van der Waals surface area contributed by atoms with E-state index in [0.717, 1.165) is 6.07 Å². The van der Waals surface area contributed by atoms with Crippen molar-refractivity contribution in [2.75, 3.05) is 33.8 Å². The second-order valence-corrected chi connectivity index (χ2v) is 6.99. The van der Waals surface area contributed by atoms with Gasteiger partial charge in [0.25, 0.3) is 5.91 Å². The molecule has 0 aromatic heterocycles. The highest BCUT2D eigenvalue weighted by molar-refractivity contribution is 7.89. The Bertz CT molecular complexity index is 713. The second-order valence-electron chi connectivity index (χ2n) is 5.05. The van der Waals surface area contributed by atoms with Gasteiger partial charge in [0, 0.05) is 33.3 Å². The minimum absolute atomic E-state index is 0.159. The number of carbonyl (C=O) groups is 1. The van der Waals surface area contributed by atoms with E-state index in [1.807, 2.05) is 0 Å². The Morgan fingerprint density at radius 3 is 2.29 bits per heavy atom.